The number of hydrogen-bond acceptors (Lipinski definition) is 6. The highest BCUT2D eigenvalue weighted by atomic mass is 32.2. The van der Waals surface area contributed by atoms with Crippen LogP contribution in [0.2, 0.25) is 0 Å². The molecule has 0 radical (unpaired) electrons. The van der Waals surface area contributed by atoms with Crippen molar-refractivity contribution in [3.05, 3.63) is 142 Å². The fraction of sp³-hybridized carbons (Fsp3) is 0.323. The Morgan fingerprint density at radius 1 is 0.343 bits per heavy atom. The van der Waals surface area contributed by atoms with Crippen molar-refractivity contribution in [3.63, 3.8) is 0 Å². The highest BCUT2D eigenvalue weighted by Gasteiger charge is 2.55. The first kappa shape index (κ1) is 44.5. The van der Waals surface area contributed by atoms with Gasteiger partial charge < -0.3 is 19.2 Å². The molecular weight excluding hydrogens is 886 g/mol. The molecule has 0 saturated heterocycles. The summed E-state index contributed by atoms with van der Waals surface area (Å²) in [4.78, 5) is 16.3. The quantitative estimate of drug-likeness (QED) is 0.140. The van der Waals surface area contributed by atoms with Crippen LogP contribution in [0.4, 0.5) is 45.5 Å². The van der Waals surface area contributed by atoms with Crippen LogP contribution in [-0.4, -0.2) is 14.0 Å². The van der Waals surface area contributed by atoms with E-state index < -0.39 is 0 Å². The smallest absolute Gasteiger partial charge is 0.359 e. The highest BCUT2D eigenvalue weighted by Crippen LogP contribution is 2.64. The third-order valence-electron chi connectivity index (χ3n) is 16.7. The Labute approximate surface area is 426 Å². The first-order valence-corrected chi connectivity index (χ1v) is 27.1. The van der Waals surface area contributed by atoms with E-state index in [4.69, 9.17) is 0 Å². The SMILES string of the molecule is Cc1cc2c3c(c1C)Sc1cc(C(C)(C)C)ccc1N3B1c3cc4c(cc3-c3cc(C(C)(C)C)ccc3N12)B1N(c2ccc(C(C)(C)C)cc2-4)c2cc(C)c(C)c3c2N1c1ccc(C(C)(C)C)cc1S3. The predicted octanol–water partition coefficient (Wildman–Crippen LogP) is 16.4. The molecule has 0 aromatic heterocycles. The minimum atomic E-state index is -0.0868. The van der Waals surface area contributed by atoms with Crippen molar-refractivity contribution in [2.75, 3.05) is 19.2 Å². The van der Waals surface area contributed by atoms with Crippen molar-refractivity contribution < 1.29 is 0 Å². The molecule has 0 fully saturated rings. The topological polar surface area (TPSA) is 13.0 Å². The van der Waals surface area contributed by atoms with Gasteiger partial charge in [-0.25, -0.2) is 0 Å². The molecule has 6 heterocycles. The van der Waals surface area contributed by atoms with Crippen molar-refractivity contribution in [2.45, 2.75) is 152 Å². The molecule has 0 unspecified atom stereocenters. The molecule has 4 nitrogen and oxygen atoms in total. The molecule has 0 atom stereocenters. The summed E-state index contributed by atoms with van der Waals surface area (Å²) < 4.78 is 0. The summed E-state index contributed by atoms with van der Waals surface area (Å²) >= 11 is 3.95. The maximum atomic E-state index is 2.73. The summed E-state index contributed by atoms with van der Waals surface area (Å²) in [5.74, 6) is 0. The van der Waals surface area contributed by atoms with Crippen LogP contribution < -0.4 is 30.2 Å². The number of fused-ring (bicyclic) bond motifs is 20. The van der Waals surface area contributed by atoms with E-state index in [1.165, 1.54) is 143 Å². The maximum Gasteiger partial charge on any atom is 0.421 e. The molecule has 70 heavy (non-hydrogen) atoms. The Kier molecular flexibility index (Phi) is 9.00. The lowest BCUT2D eigenvalue weighted by atomic mass is 9.53. The van der Waals surface area contributed by atoms with Gasteiger partial charge in [-0.05, 0) is 177 Å². The van der Waals surface area contributed by atoms with Crippen molar-refractivity contribution in [3.8, 4) is 22.3 Å². The third kappa shape index (κ3) is 6.02. The second-order valence-corrected chi connectivity index (χ2v) is 27.4. The number of rotatable bonds is 0. The van der Waals surface area contributed by atoms with Crippen LogP contribution in [0.15, 0.2) is 117 Å². The average molecular weight is 951 g/mol. The zero-order valence-corrected chi connectivity index (χ0v) is 45.6. The molecule has 0 spiro atoms. The lowest BCUT2D eigenvalue weighted by Gasteiger charge is -2.42. The van der Waals surface area contributed by atoms with Gasteiger partial charge in [-0.3, -0.25) is 0 Å². The first-order chi connectivity index (χ1) is 32.9. The monoisotopic (exact) mass is 950 g/mol. The highest BCUT2D eigenvalue weighted by molar-refractivity contribution is 8.00. The predicted molar refractivity (Wildman–Crippen MR) is 304 cm³/mol. The van der Waals surface area contributed by atoms with E-state index in [-0.39, 0.29) is 35.6 Å². The molecule has 0 saturated carbocycles. The van der Waals surface area contributed by atoms with Crippen LogP contribution in [0.1, 0.15) is 128 Å². The Balaban J connectivity index is 1.13. The fourth-order valence-electron chi connectivity index (χ4n) is 12.2. The van der Waals surface area contributed by atoms with E-state index in [0.717, 1.165) is 0 Å². The van der Waals surface area contributed by atoms with Crippen LogP contribution in [0, 0.1) is 27.7 Å². The number of nitrogens with zero attached hydrogens (tertiary/aromatic N) is 4. The Morgan fingerprint density at radius 2 is 0.671 bits per heavy atom. The molecule has 6 aliphatic heterocycles. The normalized spacial score (nSPS) is 15.7. The molecule has 7 aromatic rings. The molecule has 6 aliphatic rings. The molecule has 0 N–H and O–H groups in total. The molecule has 7 aromatic carbocycles. The second-order valence-electron chi connectivity index (χ2n) is 25.3. The fourth-order valence-corrected chi connectivity index (χ4v) is 14.8. The summed E-state index contributed by atoms with van der Waals surface area (Å²) in [6.07, 6.45) is 0. The third-order valence-corrected chi connectivity index (χ3v) is 19.2. The molecule has 8 heteroatoms. The van der Waals surface area contributed by atoms with Crippen LogP contribution in [-0.2, 0) is 21.7 Å². The zero-order chi connectivity index (χ0) is 49.2. The maximum absolute atomic E-state index is 2.73. The lowest BCUT2D eigenvalue weighted by Crippen LogP contribution is -2.59. The van der Waals surface area contributed by atoms with Gasteiger partial charge in [-0.15, -0.1) is 0 Å². The number of benzene rings is 7. The number of anilines is 8. The van der Waals surface area contributed by atoms with E-state index in [2.05, 4.69) is 227 Å². The van der Waals surface area contributed by atoms with Gasteiger partial charge in [0.15, 0.2) is 0 Å². The molecule has 350 valence electrons. The van der Waals surface area contributed by atoms with E-state index in [1.807, 2.05) is 23.5 Å². The molecule has 0 bridgehead atoms. The van der Waals surface area contributed by atoms with Crippen molar-refractivity contribution in [1.29, 1.82) is 0 Å². The van der Waals surface area contributed by atoms with Gasteiger partial charge in [0.05, 0.1) is 22.7 Å². The minimum absolute atomic E-state index is 0.0290. The van der Waals surface area contributed by atoms with Crippen molar-refractivity contribution in [2.24, 2.45) is 0 Å². The first-order valence-electron chi connectivity index (χ1n) is 25.5. The van der Waals surface area contributed by atoms with Gasteiger partial charge in [0.1, 0.15) is 0 Å². The largest absolute Gasteiger partial charge is 0.421 e. The van der Waals surface area contributed by atoms with Gasteiger partial charge >= 0.3 is 14.0 Å². The lowest BCUT2D eigenvalue weighted by molar-refractivity contribution is 0.588. The zero-order valence-electron chi connectivity index (χ0n) is 44.0. The van der Waals surface area contributed by atoms with Crippen LogP contribution in [0.25, 0.3) is 22.3 Å². The van der Waals surface area contributed by atoms with Crippen molar-refractivity contribution in [1.82, 2.24) is 0 Å². The van der Waals surface area contributed by atoms with Crippen LogP contribution in [0.3, 0.4) is 0 Å². The van der Waals surface area contributed by atoms with Crippen LogP contribution in [0.5, 0.6) is 0 Å². The standard InChI is InChI=1S/C62H64B2N4S2/c1-33-25-51-55-57(35(33)3)69-53-29-39(61(11,12)13)19-23-49(53)67(55)63-45-31-42-44-28-38(60(8,9)10)18-22-48(44)66-52-26-34(2)36(4)58-56(52)68(50-24-20-40(62(14,15)16)30-54(50)70-58)64(66)46(42)32-41(45)43-27-37(59(5,6)7)17-21-47(43)65(51)63/h17-32H,1-16H3. The van der Waals surface area contributed by atoms with Gasteiger partial charge in [0, 0.05) is 53.5 Å². The summed E-state index contributed by atoms with van der Waals surface area (Å²) in [5.41, 5.74) is 29.4. The van der Waals surface area contributed by atoms with Crippen LogP contribution >= 0.6 is 23.5 Å². The molecule has 13 rings (SSSR count). The van der Waals surface area contributed by atoms with Crippen molar-refractivity contribution >= 4 is 93.9 Å². The Bertz CT molecular complexity index is 3290. The van der Waals surface area contributed by atoms with Gasteiger partial charge in [-0.1, -0.05) is 143 Å². The molecular formula is C62H64B2N4S2. The van der Waals surface area contributed by atoms with Gasteiger partial charge in [0.25, 0.3) is 0 Å². The van der Waals surface area contributed by atoms with Gasteiger partial charge in [0.2, 0.25) is 0 Å². The Morgan fingerprint density at radius 3 is 1.01 bits per heavy atom. The number of aryl methyl sites for hydroxylation is 2. The summed E-state index contributed by atoms with van der Waals surface area (Å²) in [6.45, 7) is 37.3. The summed E-state index contributed by atoms with van der Waals surface area (Å²) in [6, 6.07) is 39.7. The van der Waals surface area contributed by atoms with E-state index in [1.54, 1.807) is 0 Å². The molecule has 0 aliphatic carbocycles. The Hall–Kier alpha value is -5.43. The van der Waals surface area contributed by atoms with E-state index >= 15 is 0 Å². The average Bonchev–Trinajstić information content (AvgIpc) is 3.82. The minimum Gasteiger partial charge on any atom is -0.359 e. The summed E-state index contributed by atoms with van der Waals surface area (Å²) in [5, 5.41) is 0. The second kappa shape index (κ2) is 14.2. The number of hydrogen-bond donors (Lipinski definition) is 0. The van der Waals surface area contributed by atoms with E-state index in [0.29, 0.717) is 0 Å². The van der Waals surface area contributed by atoms with Gasteiger partial charge in [-0.2, -0.15) is 0 Å². The van der Waals surface area contributed by atoms with E-state index in [9.17, 15) is 0 Å². The summed E-state index contributed by atoms with van der Waals surface area (Å²) in [7, 11) is 0. The molecule has 0 amide bonds.